The minimum Gasteiger partial charge on any atom is -0.352 e. The Morgan fingerprint density at radius 1 is 0.893 bits per heavy atom. The van der Waals surface area contributed by atoms with Crippen LogP contribution in [0.15, 0.2) is 72.9 Å². The highest BCUT2D eigenvalue weighted by Gasteiger charge is 2.06. The predicted molar refractivity (Wildman–Crippen MR) is 114 cm³/mol. The van der Waals surface area contributed by atoms with Gasteiger partial charge in [0.15, 0.2) is 0 Å². The Morgan fingerprint density at radius 3 is 2.21 bits per heavy atom. The van der Waals surface area contributed by atoms with Crippen molar-refractivity contribution < 1.29 is 9.18 Å². The molecular formula is C24H29FN2O. The highest BCUT2D eigenvalue weighted by molar-refractivity contribution is 5.78. The number of nitrogens with one attached hydrogen (secondary N) is 1. The Balaban J connectivity index is 0.000000921. The highest BCUT2D eigenvalue weighted by Crippen LogP contribution is 2.17. The molecule has 0 fully saturated rings. The topological polar surface area (TPSA) is 42.0 Å². The lowest BCUT2D eigenvalue weighted by Crippen LogP contribution is -2.24. The number of aromatic nitrogens is 1. The second-order valence-electron chi connectivity index (χ2n) is 5.49. The van der Waals surface area contributed by atoms with E-state index in [4.69, 9.17) is 0 Å². The first-order chi connectivity index (χ1) is 13.7. The van der Waals surface area contributed by atoms with E-state index in [0.29, 0.717) is 12.2 Å². The van der Waals surface area contributed by atoms with Gasteiger partial charge in [-0.2, -0.15) is 0 Å². The van der Waals surface area contributed by atoms with Crippen LogP contribution in [-0.2, 0) is 17.8 Å². The number of halogens is 1. The molecular weight excluding hydrogens is 351 g/mol. The Bertz CT molecular complexity index is 818. The van der Waals surface area contributed by atoms with Crippen LogP contribution in [0.25, 0.3) is 11.1 Å². The molecule has 0 radical (unpaired) electrons. The first kappa shape index (κ1) is 23.0. The SMILES string of the molecule is CC.CC.O=C(Cc1ccc(-c2ccccc2)cn1)NCc1cccc(F)c1. The average molecular weight is 381 g/mol. The fraction of sp³-hybridized carbons (Fsp3) is 0.250. The highest BCUT2D eigenvalue weighted by atomic mass is 19.1. The van der Waals surface area contributed by atoms with E-state index in [9.17, 15) is 9.18 Å². The lowest BCUT2D eigenvalue weighted by atomic mass is 10.1. The second-order valence-corrected chi connectivity index (χ2v) is 5.49. The third kappa shape index (κ3) is 7.70. The Hall–Kier alpha value is -3.01. The summed E-state index contributed by atoms with van der Waals surface area (Å²) in [4.78, 5) is 16.3. The van der Waals surface area contributed by atoms with Gasteiger partial charge in [0.05, 0.1) is 6.42 Å². The van der Waals surface area contributed by atoms with Crippen molar-refractivity contribution in [1.82, 2.24) is 10.3 Å². The van der Waals surface area contributed by atoms with Crippen molar-refractivity contribution >= 4 is 5.91 Å². The van der Waals surface area contributed by atoms with Gasteiger partial charge in [-0.3, -0.25) is 9.78 Å². The molecule has 3 nitrogen and oxygen atoms in total. The number of carbonyl (C=O) groups excluding carboxylic acids is 1. The van der Waals surface area contributed by atoms with Crippen molar-refractivity contribution in [3.63, 3.8) is 0 Å². The fourth-order valence-electron chi connectivity index (χ4n) is 2.41. The fourth-order valence-corrected chi connectivity index (χ4v) is 2.41. The van der Waals surface area contributed by atoms with Gasteiger partial charge in [-0.25, -0.2) is 4.39 Å². The monoisotopic (exact) mass is 380 g/mol. The normalized spacial score (nSPS) is 9.32. The molecule has 1 aromatic heterocycles. The third-order valence-corrected chi connectivity index (χ3v) is 3.65. The molecule has 0 spiro atoms. The minimum absolute atomic E-state index is 0.140. The van der Waals surface area contributed by atoms with Crippen molar-refractivity contribution in [2.45, 2.75) is 40.7 Å². The van der Waals surface area contributed by atoms with Gasteiger partial charge in [0.25, 0.3) is 0 Å². The summed E-state index contributed by atoms with van der Waals surface area (Å²) in [7, 11) is 0. The van der Waals surface area contributed by atoms with Gasteiger partial charge in [-0.05, 0) is 29.3 Å². The Labute approximate surface area is 167 Å². The quantitative estimate of drug-likeness (QED) is 0.608. The van der Waals surface area contributed by atoms with Crippen LogP contribution < -0.4 is 5.32 Å². The molecule has 0 aliphatic rings. The van der Waals surface area contributed by atoms with E-state index in [1.807, 2.05) is 70.2 Å². The summed E-state index contributed by atoms with van der Waals surface area (Å²) in [6.07, 6.45) is 1.97. The molecule has 0 aliphatic carbocycles. The first-order valence-corrected chi connectivity index (χ1v) is 9.72. The minimum atomic E-state index is -0.306. The average Bonchev–Trinajstić information content (AvgIpc) is 2.76. The number of nitrogens with zero attached hydrogens (tertiary/aromatic N) is 1. The number of benzene rings is 2. The second kappa shape index (κ2) is 13.2. The van der Waals surface area contributed by atoms with Crippen molar-refractivity contribution in [2.24, 2.45) is 0 Å². The molecule has 148 valence electrons. The van der Waals surface area contributed by atoms with E-state index >= 15 is 0 Å². The van der Waals surface area contributed by atoms with E-state index in [1.165, 1.54) is 12.1 Å². The summed E-state index contributed by atoms with van der Waals surface area (Å²) in [6, 6.07) is 19.9. The molecule has 1 amide bonds. The molecule has 4 heteroatoms. The summed E-state index contributed by atoms with van der Waals surface area (Å²) in [5.74, 6) is -0.445. The molecule has 0 saturated heterocycles. The number of pyridine rings is 1. The molecule has 3 rings (SSSR count). The molecule has 1 N–H and O–H groups in total. The molecule has 3 aromatic rings. The maximum Gasteiger partial charge on any atom is 0.226 e. The number of hydrogen-bond donors (Lipinski definition) is 1. The van der Waals surface area contributed by atoms with Gasteiger partial charge >= 0.3 is 0 Å². The maximum atomic E-state index is 13.1. The van der Waals surface area contributed by atoms with Crippen molar-refractivity contribution in [2.75, 3.05) is 0 Å². The Morgan fingerprint density at radius 2 is 1.61 bits per heavy atom. The van der Waals surface area contributed by atoms with Gasteiger partial charge < -0.3 is 5.32 Å². The molecule has 0 unspecified atom stereocenters. The van der Waals surface area contributed by atoms with Crippen LogP contribution in [-0.4, -0.2) is 10.9 Å². The van der Waals surface area contributed by atoms with E-state index in [1.54, 1.807) is 18.3 Å². The van der Waals surface area contributed by atoms with Crippen LogP contribution in [0.2, 0.25) is 0 Å². The van der Waals surface area contributed by atoms with Gasteiger partial charge in [0.2, 0.25) is 5.91 Å². The van der Waals surface area contributed by atoms with Crippen LogP contribution in [0.4, 0.5) is 4.39 Å². The van der Waals surface area contributed by atoms with Crippen molar-refractivity contribution in [3.8, 4) is 11.1 Å². The standard InChI is InChI=1S/C20H17FN2O.2C2H6/c21-18-8-4-5-15(11-18)13-23-20(24)12-19-10-9-17(14-22-19)16-6-2-1-3-7-16;2*1-2/h1-11,14H,12-13H2,(H,23,24);2*1-2H3. The van der Waals surface area contributed by atoms with Crippen molar-refractivity contribution in [1.29, 1.82) is 0 Å². The van der Waals surface area contributed by atoms with Gasteiger partial charge in [0, 0.05) is 24.0 Å². The summed E-state index contributed by atoms with van der Waals surface area (Å²) in [6.45, 7) is 8.30. The molecule has 0 atom stereocenters. The third-order valence-electron chi connectivity index (χ3n) is 3.65. The number of rotatable bonds is 5. The summed E-state index contributed by atoms with van der Waals surface area (Å²) in [5.41, 5.74) is 3.54. The van der Waals surface area contributed by atoms with E-state index in [2.05, 4.69) is 10.3 Å². The van der Waals surface area contributed by atoms with Crippen LogP contribution in [0, 0.1) is 5.82 Å². The smallest absolute Gasteiger partial charge is 0.226 e. The van der Waals surface area contributed by atoms with E-state index in [0.717, 1.165) is 16.7 Å². The van der Waals surface area contributed by atoms with Crippen molar-refractivity contribution in [3.05, 3.63) is 90.0 Å². The number of amides is 1. The number of hydrogen-bond acceptors (Lipinski definition) is 2. The molecule has 0 saturated carbocycles. The molecule has 28 heavy (non-hydrogen) atoms. The zero-order valence-corrected chi connectivity index (χ0v) is 17.1. The van der Waals surface area contributed by atoms with Crippen LogP contribution >= 0.6 is 0 Å². The van der Waals surface area contributed by atoms with Gasteiger partial charge in [0.1, 0.15) is 5.82 Å². The lowest BCUT2D eigenvalue weighted by molar-refractivity contribution is -0.120. The Kier molecular flexibility index (Phi) is 10.9. The zero-order valence-electron chi connectivity index (χ0n) is 17.1. The molecule has 1 heterocycles. The summed E-state index contributed by atoms with van der Waals surface area (Å²) < 4.78 is 13.1. The summed E-state index contributed by atoms with van der Waals surface area (Å²) in [5, 5.41) is 2.78. The molecule has 2 aromatic carbocycles. The van der Waals surface area contributed by atoms with Gasteiger partial charge in [-0.1, -0.05) is 76.2 Å². The lowest BCUT2D eigenvalue weighted by Gasteiger charge is -2.06. The number of carbonyl (C=O) groups is 1. The largest absolute Gasteiger partial charge is 0.352 e. The summed E-state index contributed by atoms with van der Waals surface area (Å²) >= 11 is 0. The zero-order chi connectivity index (χ0) is 20.8. The molecule has 0 bridgehead atoms. The van der Waals surface area contributed by atoms with E-state index < -0.39 is 0 Å². The predicted octanol–water partition coefficient (Wildman–Crippen LogP) is 5.80. The van der Waals surface area contributed by atoms with Crippen LogP contribution in [0.3, 0.4) is 0 Å². The van der Waals surface area contributed by atoms with Crippen LogP contribution in [0.1, 0.15) is 39.0 Å². The first-order valence-electron chi connectivity index (χ1n) is 9.72. The van der Waals surface area contributed by atoms with E-state index in [-0.39, 0.29) is 18.1 Å². The molecule has 0 aliphatic heterocycles. The maximum absolute atomic E-state index is 13.1. The van der Waals surface area contributed by atoms with Crippen LogP contribution in [0.5, 0.6) is 0 Å². The van der Waals surface area contributed by atoms with Gasteiger partial charge in [-0.15, -0.1) is 0 Å².